The van der Waals surface area contributed by atoms with Gasteiger partial charge in [-0.25, -0.2) is 9.78 Å². The van der Waals surface area contributed by atoms with E-state index in [0.717, 1.165) is 6.07 Å². The maximum Gasteiger partial charge on any atom is 0.416 e. The first-order valence-electron chi connectivity index (χ1n) is 8.43. The van der Waals surface area contributed by atoms with Gasteiger partial charge >= 0.3 is 12.1 Å². The molecule has 0 aliphatic carbocycles. The van der Waals surface area contributed by atoms with Crippen molar-refractivity contribution >= 4 is 45.8 Å². The van der Waals surface area contributed by atoms with Gasteiger partial charge in [-0.3, -0.25) is 14.9 Å². The maximum atomic E-state index is 12.7. The Morgan fingerprint density at radius 1 is 1.13 bits per heavy atom. The Morgan fingerprint density at radius 3 is 2.55 bits per heavy atom. The van der Waals surface area contributed by atoms with Crippen LogP contribution < -0.4 is 5.32 Å². The summed E-state index contributed by atoms with van der Waals surface area (Å²) in [4.78, 5) is 38.2. The summed E-state index contributed by atoms with van der Waals surface area (Å²) >= 11 is 5.79. The normalized spacial score (nSPS) is 11.2. The number of amides is 1. The summed E-state index contributed by atoms with van der Waals surface area (Å²) in [6.07, 6.45) is -4.79. The number of nitro groups is 1. The standard InChI is InChI=1S/C19H11ClF3N3O5/c20-16-6-2-10-7-11(1-4-13(10)24-16)18(28)31-9-17(27)25-14-5-3-12(19(21,22)23)8-15(14)26(29)30/h1-8H,9H2,(H,25,27). The molecule has 3 rings (SSSR count). The van der Waals surface area contributed by atoms with Crippen LogP contribution in [0.5, 0.6) is 0 Å². The van der Waals surface area contributed by atoms with Crippen LogP contribution in [-0.2, 0) is 15.7 Å². The van der Waals surface area contributed by atoms with Crippen molar-refractivity contribution in [1.82, 2.24) is 4.98 Å². The van der Waals surface area contributed by atoms with Crippen molar-refractivity contribution in [1.29, 1.82) is 0 Å². The topological polar surface area (TPSA) is 111 Å². The number of anilines is 1. The molecule has 0 radical (unpaired) electrons. The van der Waals surface area contributed by atoms with Crippen LogP contribution in [0.1, 0.15) is 15.9 Å². The zero-order valence-corrected chi connectivity index (χ0v) is 16.0. The molecule has 3 aromatic rings. The van der Waals surface area contributed by atoms with Gasteiger partial charge in [-0.15, -0.1) is 0 Å². The number of carbonyl (C=O) groups is 2. The van der Waals surface area contributed by atoms with Gasteiger partial charge in [0.1, 0.15) is 10.8 Å². The zero-order chi connectivity index (χ0) is 22.8. The first kappa shape index (κ1) is 22.0. The van der Waals surface area contributed by atoms with Crippen LogP contribution >= 0.6 is 11.6 Å². The van der Waals surface area contributed by atoms with Gasteiger partial charge in [0.05, 0.1) is 21.6 Å². The Labute approximate surface area is 176 Å². The zero-order valence-electron chi connectivity index (χ0n) is 15.3. The number of nitrogens with zero attached hydrogens (tertiary/aromatic N) is 2. The number of nitro benzene ring substituents is 1. The van der Waals surface area contributed by atoms with Gasteiger partial charge in [0.25, 0.3) is 11.6 Å². The highest BCUT2D eigenvalue weighted by molar-refractivity contribution is 6.29. The molecule has 0 fully saturated rings. The number of nitrogens with one attached hydrogen (secondary N) is 1. The van der Waals surface area contributed by atoms with E-state index in [2.05, 4.69) is 10.3 Å². The van der Waals surface area contributed by atoms with E-state index >= 15 is 0 Å². The smallest absolute Gasteiger partial charge is 0.416 e. The summed E-state index contributed by atoms with van der Waals surface area (Å²) in [7, 11) is 0. The average Bonchev–Trinajstić information content (AvgIpc) is 2.70. The van der Waals surface area contributed by atoms with Crippen molar-refractivity contribution in [3.8, 4) is 0 Å². The molecule has 160 valence electrons. The van der Waals surface area contributed by atoms with Gasteiger partial charge in [0, 0.05) is 11.5 Å². The number of fused-ring (bicyclic) bond motifs is 1. The minimum absolute atomic E-state index is 0.116. The monoisotopic (exact) mass is 453 g/mol. The molecular weight excluding hydrogens is 443 g/mol. The van der Waals surface area contributed by atoms with Crippen LogP contribution in [-0.4, -0.2) is 28.4 Å². The fourth-order valence-electron chi connectivity index (χ4n) is 2.59. The Hall–Kier alpha value is -3.73. The second-order valence-corrected chi connectivity index (χ2v) is 6.54. The van der Waals surface area contributed by atoms with Gasteiger partial charge in [-0.2, -0.15) is 13.2 Å². The molecule has 1 N–H and O–H groups in total. The van der Waals surface area contributed by atoms with Crippen molar-refractivity contribution in [3.63, 3.8) is 0 Å². The predicted molar refractivity (Wildman–Crippen MR) is 104 cm³/mol. The number of pyridine rings is 1. The number of rotatable bonds is 5. The fourth-order valence-corrected chi connectivity index (χ4v) is 2.75. The van der Waals surface area contributed by atoms with E-state index in [1.165, 1.54) is 24.3 Å². The number of carbonyl (C=O) groups excluding carboxylic acids is 2. The van der Waals surface area contributed by atoms with Crippen LogP contribution in [0.2, 0.25) is 5.15 Å². The van der Waals surface area contributed by atoms with Gasteiger partial charge in [0.2, 0.25) is 0 Å². The fraction of sp³-hybridized carbons (Fsp3) is 0.105. The average molecular weight is 454 g/mol. The van der Waals surface area contributed by atoms with Crippen LogP contribution in [0.15, 0.2) is 48.5 Å². The van der Waals surface area contributed by atoms with Crippen LogP contribution in [0, 0.1) is 10.1 Å². The molecular formula is C19H11ClF3N3O5. The molecule has 0 bridgehead atoms. The third kappa shape index (κ3) is 5.25. The molecule has 31 heavy (non-hydrogen) atoms. The molecule has 0 aliphatic rings. The van der Waals surface area contributed by atoms with E-state index in [1.54, 1.807) is 6.07 Å². The summed E-state index contributed by atoms with van der Waals surface area (Å²) in [6.45, 7) is -0.812. The second-order valence-electron chi connectivity index (χ2n) is 6.15. The van der Waals surface area contributed by atoms with Gasteiger partial charge in [-0.1, -0.05) is 11.6 Å². The molecule has 12 heteroatoms. The van der Waals surface area contributed by atoms with E-state index < -0.39 is 46.5 Å². The van der Waals surface area contributed by atoms with Gasteiger partial charge < -0.3 is 10.1 Å². The number of alkyl halides is 3. The highest BCUT2D eigenvalue weighted by Crippen LogP contribution is 2.34. The number of esters is 1. The summed E-state index contributed by atoms with van der Waals surface area (Å²) in [5.74, 6) is -1.82. The maximum absolute atomic E-state index is 12.7. The van der Waals surface area contributed by atoms with Crippen molar-refractivity contribution < 1.29 is 32.4 Å². The molecule has 0 saturated carbocycles. The molecule has 0 aliphatic heterocycles. The highest BCUT2D eigenvalue weighted by Gasteiger charge is 2.33. The minimum Gasteiger partial charge on any atom is -0.452 e. The van der Waals surface area contributed by atoms with E-state index in [-0.39, 0.29) is 10.7 Å². The number of aromatic nitrogens is 1. The predicted octanol–water partition coefficient (Wildman–Crippen LogP) is 4.61. The van der Waals surface area contributed by atoms with Crippen molar-refractivity contribution in [2.45, 2.75) is 6.18 Å². The third-order valence-corrected chi connectivity index (χ3v) is 4.23. The first-order chi connectivity index (χ1) is 14.5. The number of benzene rings is 2. The number of hydrogen-bond donors (Lipinski definition) is 1. The van der Waals surface area contributed by atoms with E-state index in [9.17, 15) is 32.9 Å². The van der Waals surface area contributed by atoms with E-state index in [1.807, 2.05) is 0 Å². The molecule has 1 heterocycles. The minimum atomic E-state index is -4.79. The Morgan fingerprint density at radius 2 is 1.87 bits per heavy atom. The summed E-state index contributed by atoms with van der Waals surface area (Å²) in [5.41, 5.74) is -2.00. The van der Waals surface area contributed by atoms with E-state index in [0.29, 0.717) is 23.0 Å². The Kier molecular flexibility index (Phi) is 6.07. The number of hydrogen-bond acceptors (Lipinski definition) is 6. The van der Waals surface area contributed by atoms with Crippen LogP contribution in [0.4, 0.5) is 24.5 Å². The molecule has 0 unspecified atom stereocenters. The largest absolute Gasteiger partial charge is 0.452 e. The first-order valence-corrected chi connectivity index (χ1v) is 8.81. The third-order valence-electron chi connectivity index (χ3n) is 4.02. The second kappa shape index (κ2) is 8.56. The number of halogens is 4. The Balaban J connectivity index is 1.68. The quantitative estimate of drug-likeness (QED) is 0.261. The van der Waals surface area contributed by atoms with Crippen molar-refractivity contribution in [3.05, 3.63) is 74.9 Å². The summed E-state index contributed by atoms with van der Waals surface area (Å²) in [6, 6.07) is 9.22. The Bertz CT molecular complexity index is 1200. The van der Waals surface area contributed by atoms with Crippen molar-refractivity contribution in [2.24, 2.45) is 0 Å². The van der Waals surface area contributed by atoms with E-state index in [4.69, 9.17) is 16.3 Å². The lowest BCUT2D eigenvalue weighted by Gasteiger charge is -2.10. The molecule has 0 saturated heterocycles. The molecule has 0 spiro atoms. The molecule has 8 nitrogen and oxygen atoms in total. The molecule has 1 aromatic heterocycles. The molecule has 1 amide bonds. The lowest BCUT2D eigenvalue weighted by atomic mass is 10.1. The highest BCUT2D eigenvalue weighted by atomic mass is 35.5. The lowest BCUT2D eigenvalue weighted by molar-refractivity contribution is -0.384. The molecule has 0 atom stereocenters. The summed E-state index contributed by atoms with van der Waals surface area (Å²) in [5, 5.41) is 14.0. The van der Waals surface area contributed by atoms with Crippen LogP contribution in [0.3, 0.4) is 0 Å². The van der Waals surface area contributed by atoms with Gasteiger partial charge in [-0.05, 0) is 42.5 Å². The van der Waals surface area contributed by atoms with Crippen LogP contribution in [0.25, 0.3) is 10.9 Å². The lowest BCUT2D eigenvalue weighted by Crippen LogP contribution is -2.21. The SMILES string of the molecule is O=C(COC(=O)c1ccc2nc(Cl)ccc2c1)Nc1ccc(C(F)(F)F)cc1[N+](=O)[O-]. The number of ether oxygens (including phenoxy) is 1. The van der Waals surface area contributed by atoms with Crippen molar-refractivity contribution in [2.75, 3.05) is 11.9 Å². The van der Waals surface area contributed by atoms with Gasteiger partial charge in [0.15, 0.2) is 6.61 Å². The molecule has 2 aromatic carbocycles. The summed E-state index contributed by atoms with van der Waals surface area (Å²) < 4.78 is 43.1.